The van der Waals surface area contributed by atoms with E-state index in [4.69, 9.17) is 5.73 Å². The predicted octanol–water partition coefficient (Wildman–Crippen LogP) is 3.53. The second-order valence-electron chi connectivity index (χ2n) is 6.39. The molecular formula is C20H22N4. The quantitative estimate of drug-likeness (QED) is 0.504. The molecule has 122 valence electrons. The van der Waals surface area contributed by atoms with Crippen molar-refractivity contribution in [3.63, 3.8) is 0 Å². The average Bonchev–Trinajstić information content (AvgIpc) is 2.99. The van der Waals surface area contributed by atoms with Gasteiger partial charge in [-0.2, -0.15) is 0 Å². The molecule has 0 aliphatic carbocycles. The third kappa shape index (κ3) is 2.27. The van der Waals surface area contributed by atoms with Crippen LogP contribution >= 0.6 is 0 Å². The van der Waals surface area contributed by atoms with Gasteiger partial charge in [0.25, 0.3) is 0 Å². The van der Waals surface area contributed by atoms with Crippen molar-refractivity contribution in [3.05, 3.63) is 53.3 Å². The Hall–Kier alpha value is -2.43. The van der Waals surface area contributed by atoms with E-state index in [2.05, 4.69) is 53.4 Å². The lowest BCUT2D eigenvalue weighted by Crippen LogP contribution is -2.21. The minimum atomic E-state index is 0.659. The highest BCUT2D eigenvalue weighted by molar-refractivity contribution is 6.16. The van der Waals surface area contributed by atoms with Crippen LogP contribution in [0.3, 0.4) is 0 Å². The molecule has 2 aromatic carbocycles. The van der Waals surface area contributed by atoms with Crippen molar-refractivity contribution in [1.82, 2.24) is 15.3 Å². The number of hydrogen-bond donors (Lipinski definition) is 3. The molecule has 0 spiro atoms. The van der Waals surface area contributed by atoms with Crippen molar-refractivity contribution in [2.75, 3.05) is 13.1 Å². The van der Waals surface area contributed by atoms with Crippen molar-refractivity contribution in [1.29, 1.82) is 0 Å². The number of nitrogens with zero attached hydrogens (tertiary/aromatic N) is 1. The number of aromatic nitrogens is 2. The molecule has 2 aromatic heterocycles. The summed E-state index contributed by atoms with van der Waals surface area (Å²) in [5.41, 5.74) is 11.8. The van der Waals surface area contributed by atoms with Crippen LogP contribution < -0.4 is 11.1 Å². The summed E-state index contributed by atoms with van der Waals surface area (Å²) in [6.45, 7) is 6.71. The van der Waals surface area contributed by atoms with Crippen molar-refractivity contribution >= 4 is 32.6 Å². The number of hydrogen-bond acceptors (Lipinski definition) is 3. The summed E-state index contributed by atoms with van der Waals surface area (Å²) >= 11 is 0. The fourth-order valence-electron chi connectivity index (χ4n) is 3.64. The molecule has 0 atom stereocenters. The third-order valence-corrected chi connectivity index (χ3v) is 4.89. The molecule has 0 radical (unpaired) electrons. The third-order valence-electron chi connectivity index (χ3n) is 4.89. The van der Waals surface area contributed by atoms with Gasteiger partial charge in [-0.3, -0.25) is 4.98 Å². The van der Waals surface area contributed by atoms with E-state index in [1.165, 1.54) is 49.3 Å². The zero-order chi connectivity index (χ0) is 16.7. The molecular weight excluding hydrogens is 296 g/mol. The summed E-state index contributed by atoms with van der Waals surface area (Å²) in [5, 5.41) is 8.46. The minimum Gasteiger partial charge on any atom is -0.354 e. The monoisotopic (exact) mass is 318 g/mol. The summed E-state index contributed by atoms with van der Waals surface area (Å²) < 4.78 is 0. The van der Waals surface area contributed by atoms with Gasteiger partial charge in [-0.05, 0) is 54.1 Å². The van der Waals surface area contributed by atoms with E-state index in [-0.39, 0.29) is 0 Å². The minimum absolute atomic E-state index is 0.659. The molecule has 0 amide bonds. The molecule has 0 unspecified atom stereocenters. The van der Waals surface area contributed by atoms with E-state index in [0.717, 1.165) is 13.1 Å². The Labute approximate surface area is 141 Å². The van der Waals surface area contributed by atoms with E-state index in [0.29, 0.717) is 6.54 Å². The second-order valence-corrected chi connectivity index (χ2v) is 6.39. The van der Waals surface area contributed by atoms with E-state index in [1.807, 2.05) is 12.4 Å². The van der Waals surface area contributed by atoms with Crippen LogP contribution in [0.1, 0.15) is 16.7 Å². The van der Waals surface area contributed by atoms with Gasteiger partial charge in [-0.15, -0.1) is 0 Å². The Balaban J connectivity index is 1.99. The maximum absolute atomic E-state index is 5.56. The van der Waals surface area contributed by atoms with Gasteiger partial charge in [0.1, 0.15) is 0 Å². The molecule has 2 heterocycles. The highest BCUT2D eigenvalue weighted by atomic mass is 14.9. The van der Waals surface area contributed by atoms with Crippen LogP contribution in [0.2, 0.25) is 0 Å². The van der Waals surface area contributed by atoms with Crippen LogP contribution in [0.4, 0.5) is 0 Å². The molecule has 0 saturated carbocycles. The Morgan fingerprint density at radius 2 is 1.96 bits per heavy atom. The molecule has 4 nitrogen and oxygen atoms in total. The van der Waals surface area contributed by atoms with Crippen molar-refractivity contribution in [3.8, 4) is 0 Å². The van der Waals surface area contributed by atoms with Gasteiger partial charge < -0.3 is 16.0 Å². The van der Waals surface area contributed by atoms with Gasteiger partial charge in [0, 0.05) is 53.7 Å². The molecule has 0 saturated heterocycles. The van der Waals surface area contributed by atoms with Crippen molar-refractivity contribution in [2.45, 2.75) is 20.4 Å². The van der Waals surface area contributed by atoms with E-state index < -0.39 is 0 Å². The summed E-state index contributed by atoms with van der Waals surface area (Å²) in [6.07, 6.45) is 3.84. The first-order valence-electron chi connectivity index (χ1n) is 8.38. The predicted molar refractivity (Wildman–Crippen MR) is 101 cm³/mol. The number of aryl methyl sites for hydroxylation is 2. The molecule has 0 aliphatic rings. The van der Waals surface area contributed by atoms with Gasteiger partial charge in [0.05, 0.1) is 5.52 Å². The lowest BCUT2D eigenvalue weighted by Gasteiger charge is -2.08. The van der Waals surface area contributed by atoms with E-state index in [9.17, 15) is 0 Å². The summed E-state index contributed by atoms with van der Waals surface area (Å²) in [5.74, 6) is 0. The van der Waals surface area contributed by atoms with Crippen LogP contribution in [0.25, 0.3) is 32.6 Å². The van der Waals surface area contributed by atoms with Gasteiger partial charge in [0.15, 0.2) is 0 Å². The molecule has 4 rings (SSSR count). The first-order valence-corrected chi connectivity index (χ1v) is 8.38. The molecule has 4 heteroatoms. The Morgan fingerprint density at radius 1 is 1.08 bits per heavy atom. The molecule has 0 fully saturated rings. The van der Waals surface area contributed by atoms with Gasteiger partial charge in [0.2, 0.25) is 0 Å². The van der Waals surface area contributed by atoms with Gasteiger partial charge in [-0.25, -0.2) is 0 Å². The SMILES string of the molecule is Cc1c2ccncc2c(C)c2c1[nH]c1ccc(CNCCN)cc12. The number of nitrogens with two attached hydrogens (primary N) is 1. The topological polar surface area (TPSA) is 66.7 Å². The van der Waals surface area contributed by atoms with Gasteiger partial charge in [-0.1, -0.05) is 6.07 Å². The molecule has 4 aromatic rings. The highest BCUT2D eigenvalue weighted by Crippen LogP contribution is 2.36. The molecule has 0 aliphatic heterocycles. The first-order chi connectivity index (χ1) is 11.7. The number of benzene rings is 2. The van der Waals surface area contributed by atoms with E-state index >= 15 is 0 Å². The van der Waals surface area contributed by atoms with Crippen LogP contribution in [0.5, 0.6) is 0 Å². The highest BCUT2D eigenvalue weighted by Gasteiger charge is 2.14. The van der Waals surface area contributed by atoms with Crippen LogP contribution in [0, 0.1) is 13.8 Å². The number of pyridine rings is 1. The number of nitrogens with one attached hydrogen (secondary N) is 2. The lowest BCUT2D eigenvalue weighted by molar-refractivity contribution is 0.695. The van der Waals surface area contributed by atoms with Crippen LogP contribution in [-0.4, -0.2) is 23.1 Å². The largest absolute Gasteiger partial charge is 0.354 e. The van der Waals surface area contributed by atoms with Crippen molar-refractivity contribution < 1.29 is 0 Å². The Morgan fingerprint density at radius 3 is 2.79 bits per heavy atom. The Kier molecular flexibility index (Phi) is 3.71. The smallest absolute Gasteiger partial charge is 0.0503 e. The van der Waals surface area contributed by atoms with Crippen LogP contribution in [-0.2, 0) is 6.54 Å². The first kappa shape index (κ1) is 15.1. The summed E-state index contributed by atoms with van der Waals surface area (Å²) in [4.78, 5) is 7.93. The number of rotatable bonds is 4. The number of aromatic amines is 1. The fraction of sp³-hybridized carbons (Fsp3) is 0.250. The molecule has 4 N–H and O–H groups in total. The maximum Gasteiger partial charge on any atom is 0.0503 e. The summed E-state index contributed by atoms with van der Waals surface area (Å²) in [7, 11) is 0. The normalized spacial score (nSPS) is 11.8. The second kappa shape index (κ2) is 5.89. The molecule has 24 heavy (non-hydrogen) atoms. The number of H-pyrrole nitrogens is 1. The molecule has 0 bridgehead atoms. The standard InChI is InChI=1S/C20H22N4/c1-12-17-11-22-7-5-15(17)13(2)20-19(12)16-9-14(10-23-8-6-21)3-4-18(16)24-20/h3-5,7,9,11,23-24H,6,8,10,21H2,1-2H3. The lowest BCUT2D eigenvalue weighted by atomic mass is 9.96. The summed E-state index contributed by atoms with van der Waals surface area (Å²) in [6, 6.07) is 8.74. The van der Waals surface area contributed by atoms with Gasteiger partial charge >= 0.3 is 0 Å². The van der Waals surface area contributed by atoms with Crippen molar-refractivity contribution in [2.24, 2.45) is 5.73 Å². The maximum atomic E-state index is 5.56. The zero-order valence-electron chi connectivity index (χ0n) is 14.1. The number of fused-ring (bicyclic) bond motifs is 4. The zero-order valence-corrected chi connectivity index (χ0v) is 14.1. The fourth-order valence-corrected chi connectivity index (χ4v) is 3.64. The van der Waals surface area contributed by atoms with Crippen LogP contribution in [0.15, 0.2) is 36.7 Å². The van der Waals surface area contributed by atoms with E-state index in [1.54, 1.807) is 0 Å². The average molecular weight is 318 g/mol. The Bertz CT molecular complexity index is 1050.